The molecule has 0 N–H and O–H groups in total. The van der Waals surface area contributed by atoms with E-state index >= 15 is 0 Å². The Morgan fingerprint density at radius 2 is 1.79 bits per heavy atom. The summed E-state index contributed by atoms with van der Waals surface area (Å²) in [4.78, 5) is 27.1. The highest BCUT2D eigenvalue weighted by Crippen LogP contribution is 2.44. The van der Waals surface area contributed by atoms with Crippen molar-refractivity contribution < 1.29 is 19.1 Å². The molecule has 0 bridgehead atoms. The lowest BCUT2D eigenvalue weighted by Crippen LogP contribution is -2.44. The van der Waals surface area contributed by atoms with Crippen molar-refractivity contribution >= 4 is 29.2 Å². The Morgan fingerprint density at radius 3 is 2.38 bits per heavy atom. The summed E-state index contributed by atoms with van der Waals surface area (Å²) in [6.07, 6.45) is 0.233. The molecule has 0 aromatic heterocycles. The molecule has 3 rings (SSSR count). The fourth-order valence-corrected chi connectivity index (χ4v) is 3.88. The van der Waals surface area contributed by atoms with E-state index in [0.29, 0.717) is 27.8 Å². The molecule has 0 saturated heterocycles. The minimum Gasteiger partial charge on any atom is -0.497 e. The van der Waals surface area contributed by atoms with Crippen LogP contribution in [-0.2, 0) is 14.3 Å². The van der Waals surface area contributed by atoms with Crippen LogP contribution in [0.25, 0.3) is 0 Å². The highest BCUT2D eigenvalue weighted by molar-refractivity contribution is 6.31. The smallest absolute Gasteiger partial charge is 0.310 e. The Hall–Kier alpha value is -2.79. The van der Waals surface area contributed by atoms with Gasteiger partial charge in [-0.05, 0) is 42.8 Å². The minimum atomic E-state index is -0.423. The number of benzene rings is 2. The summed E-state index contributed by atoms with van der Waals surface area (Å²) >= 11 is 6.51. The van der Waals surface area contributed by atoms with Gasteiger partial charge in [0.15, 0.2) is 0 Å². The van der Waals surface area contributed by atoms with Crippen LogP contribution in [-0.4, -0.2) is 19.0 Å². The zero-order valence-electron chi connectivity index (χ0n) is 16.9. The summed E-state index contributed by atoms with van der Waals surface area (Å²) in [5, 5.41) is 0.552. The average molecular weight is 414 g/mol. The molecule has 152 valence electrons. The monoisotopic (exact) mass is 413 g/mol. The third-order valence-electron chi connectivity index (χ3n) is 5.16. The number of esters is 1. The molecular weight excluding hydrogens is 390 g/mol. The molecule has 0 spiro atoms. The van der Waals surface area contributed by atoms with E-state index in [4.69, 9.17) is 21.1 Å². The molecule has 0 saturated carbocycles. The van der Waals surface area contributed by atoms with Crippen molar-refractivity contribution in [1.82, 2.24) is 0 Å². The second kappa shape index (κ2) is 8.70. The van der Waals surface area contributed by atoms with Gasteiger partial charge in [-0.1, -0.05) is 43.6 Å². The number of amides is 1. The molecule has 1 heterocycles. The Labute approximate surface area is 175 Å². The van der Waals surface area contributed by atoms with Crippen LogP contribution in [0.3, 0.4) is 0 Å². The molecule has 1 amide bonds. The lowest BCUT2D eigenvalue weighted by Gasteiger charge is -2.41. The first-order valence-corrected chi connectivity index (χ1v) is 9.90. The molecule has 0 radical (unpaired) electrons. The predicted molar refractivity (Wildman–Crippen MR) is 113 cm³/mol. The van der Waals surface area contributed by atoms with E-state index in [-0.39, 0.29) is 24.2 Å². The van der Waals surface area contributed by atoms with E-state index in [1.165, 1.54) is 0 Å². The molecule has 6 heteroatoms. The van der Waals surface area contributed by atoms with Crippen LogP contribution in [0.1, 0.15) is 38.8 Å². The van der Waals surface area contributed by atoms with Crippen molar-refractivity contribution in [3.05, 3.63) is 70.4 Å². The zero-order valence-corrected chi connectivity index (χ0v) is 17.7. The summed E-state index contributed by atoms with van der Waals surface area (Å²) in [5.41, 5.74) is 1.93. The van der Waals surface area contributed by atoms with Crippen LogP contribution < -0.4 is 9.64 Å². The van der Waals surface area contributed by atoms with Crippen LogP contribution >= 0.6 is 11.6 Å². The quantitative estimate of drug-likeness (QED) is 0.624. The first-order chi connectivity index (χ1) is 13.9. The van der Waals surface area contributed by atoms with E-state index in [2.05, 4.69) is 0 Å². The molecular formula is C23H24ClNO4. The zero-order chi connectivity index (χ0) is 21.1. The molecule has 0 unspecified atom stereocenters. The molecule has 2 aromatic rings. The van der Waals surface area contributed by atoms with Gasteiger partial charge in [0.1, 0.15) is 11.5 Å². The lowest BCUT2D eigenvalue weighted by atomic mass is 9.85. The van der Waals surface area contributed by atoms with Gasteiger partial charge in [-0.15, -0.1) is 0 Å². The van der Waals surface area contributed by atoms with Crippen LogP contribution in [0.5, 0.6) is 5.75 Å². The molecule has 0 aliphatic carbocycles. The van der Waals surface area contributed by atoms with Crippen molar-refractivity contribution in [3.8, 4) is 5.75 Å². The fourth-order valence-electron chi connectivity index (χ4n) is 3.63. The predicted octanol–water partition coefficient (Wildman–Crippen LogP) is 5.30. The van der Waals surface area contributed by atoms with Gasteiger partial charge in [0.25, 0.3) is 5.91 Å². The highest BCUT2D eigenvalue weighted by atomic mass is 35.5. The lowest BCUT2D eigenvalue weighted by molar-refractivity contribution is -0.140. The second-order valence-electron chi connectivity index (χ2n) is 6.95. The molecule has 5 nitrogen and oxygen atoms in total. The number of carbonyl (C=O) groups excluding carboxylic acids is 2. The van der Waals surface area contributed by atoms with E-state index in [9.17, 15) is 9.59 Å². The van der Waals surface area contributed by atoms with Crippen molar-refractivity contribution in [2.45, 2.75) is 33.2 Å². The number of carbonyl (C=O) groups is 2. The number of rotatable bonds is 5. The fraction of sp³-hybridized carbons (Fsp3) is 0.304. The van der Waals surface area contributed by atoms with Gasteiger partial charge in [-0.3, -0.25) is 9.59 Å². The summed E-state index contributed by atoms with van der Waals surface area (Å²) in [5.74, 6) is 0.235. The standard InChI is InChI=1S/C23H24ClNO4/c1-5-20(26)29-22-14(2)21(18-8-6-7-9-19(18)24)25(23(27)15(22)3)16-10-12-17(28-4)13-11-16/h6-14,21H,5H2,1-4H3/t14-,21+/m1/s1. The van der Waals surface area contributed by atoms with Gasteiger partial charge in [0.2, 0.25) is 0 Å². The van der Waals surface area contributed by atoms with Crippen molar-refractivity contribution in [1.29, 1.82) is 0 Å². The van der Waals surface area contributed by atoms with E-state index in [1.807, 2.05) is 49.4 Å². The number of hydrogen-bond donors (Lipinski definition) is 0. The van der Waals surface area contributed by atoms with Gasteiger partial charge < -0.3 is 14.4 Å². The first-order valence-electron chi connectivity index (χ1n) is 9.52. The maximum absolute atomic E-state index is 13.4. The van der Waals surface area contributed by atoms with Gasteiger partial charge in [0, 0.05) is 23.0 Å². The van der Waals surface area contributed by atoms with Crippen molar-refractivity contribution in [2.24, 2.45) is 5.92 Å². The Morgan fingerprint density at radius 1 is 1.14 bits per heavy atom. The Bertz CT molecular complexity index is 952. The molecule has 0 fully saturated rings. The third kappa shape index (κ3) is 4.01. The normalized spacial score (nSPS) is 19.3. The number of halogens is 1. The van der Waals surface area contributed by atoms with Crippen LogP contribution in [0.15, 0.2) is 59.9 Å². The maximum atomic E-state index is 13.4. The first kappa shape index (κ1) is 20.9. The van der Waals surface area contributed by atoms with Gasteiger partial charge in [-0.25, -0.2) is 0 Å². The number of methoxy groups -OCH3 is 1. The van der Waals surface area contributed by atoms with Crippen LogP contribution in [0.4, 0.5) is 5.69 Å². The number of hydrogen-bond acceptors (Lipinski definition) is 4. The molecule has 2 aromatic carbocycles. The molecule has 1 aliphatic rings. The van der Waals surface area contributed by atoms with Crippen molar-refractivity contribution in [2.75, 3.05) is 12.0 Å². The minimum absolute atomic E-state index is 0.225. The average Bonchev–Trinajstić information content (AvgIpc) is 2.74. The number of anilines is 1. The van der Waals surface area contributed by atoms with Crippen LogP contribution in [0, 0.1) is 5.92 Å². The van der Waals surface area contributed by atoms with Gasteiger partial charge in [-0.2, -0.15) is 0 Å². The number of nitrogens with zero attached hydrogens (tertiary/aromatic N) is 1. The van der Waals surface area contributed by atoms with Crippen LogP contribution in [0.2, 0.25) is 5.02 Å². The SMILES string of the molecule is CCC(=O)OC1=C(C)C(=O)N(c2ccc(OC)cc2)[C@H](c2ccccc2Cl)[C@H]1C. The largest absolute Gasteiger partial charge is 0.497 e. The van der Waals surface area contributed by atoms with Gasteiger partial charge >= 0.3 is 5.97 Å². The van der Waals surface area contributed by atoms with E-state index in [0.717, 1.165) is 5.56 Å². The summed E-state index contributed by atoms with van der Waals surface area (Å²) in [6.45, 7) is 5.36. The second-order valence-corrected chi connectivity index (χ2v) is 7.35. The Kier molecular flexibility index (Phi) is 6.28. The summed E-state index contributed by atoms with van der Waals surface area (Å²) in [7, 11) is 1.59. The summed E-state index contributed by atoms with van der Waals surface area (Å²) in [6, 6.07) is 14.3. The summed E-state index contributed by atoms with van der Waals surface area (Å²) < 4.78 is 10.8. The highest BCUT2D eigenvalue weighted by Gasteiger charge is 2.42. The number of ether oxygens (including phenoxy) is 2. The Balaban J connectivity index is 2.16. The van der Waals surface area contributed by atoms with E-state index < -0.39 is 6.04 Å². The molecule has 29 heavy (non-hydrogen) atoms. The van der Waals surface area contributed by atoms with E-state index in [1.54, 1.807) is 31.9 Å². The van der Waals surface area contributed by atoms with Crippen molar-refractivity contribution in [3.63, 3.8) is 0 Å². The maximum Gasteiger partial charge on any atom is 0.310 e. The third-order valence-corrected chi connectivity index (χ3v) is 5.51. The molecule has 2 atom stereocenters. The van der Waals surface area contributed by atoms with Gasteiger partial charge in [0.05, 0.1) is 18.7 Å². The molecule has 1 aliphatic heterocycles. The topological polar surface area (TPSA) is 55.8 Å².